The van der Waals surface area contributed by atoms with Crippen LogP contribution >= 0.6 is 0 Å². The third-order valence-electron chi connectivity index (χ3n) is 11.0. The van der Waals surface area contributed by atoms with Gasteiger partial charge in [0.2, 0.25) is 0 Å². The van der Waals surface area contributed by atoms with Crippen LogP contribution in [0.3, 0.4) is 0 Å². The van der Waals surface area contributed by atoms with Crippen molar-refractivity contribution in [3.63, 3.8) is 0 Å². The SMILES string of the molecule is c1cc2ccc3cccc4c(-c5c6ccccc6c(-c6cccc7oc8ccc9oc%10ccccc%10c9c8c67)c6ccccc56)cc(c1)c2c34. The molecule has 2 heterocycles. The van der Waals surface area contributed by atoms with Gasteiger partial charge in [0.15, 0.2) is 0 Å². The van der Waals surface area contributed by atoms with Crippen LogP contribution in [-0.2, 0) is 0 Å². The molecule has 0 fully saturated rings. The number of benzene rings is 10. The third kappa shape index (κ3) is 3.32. The quantitative estimate of drug-likeness (QED) is 0.140. The van der Waals surface area contributed by atoms with Gasteiger partial charge < -0.3 is 8.83 Å². The zero-order valence-corrected chi connectivity index (χ0v) is 26.8. The molecule has 0 aliphatic carbocycles. The van der Waals surface area contributed by atoms with Gasteiger partial charge in [-0.1, -0.05) is 127 Å². The van der Waals surface area contributed by atoms with Gasteiger partial charge in [-0.3, -0.25) is 0 Å². The molecule has 2 heteroatoms. The summed E-state index contributed by atoms with van der Waals surface area (Å²) in [5, 5.41) is 17.1. The van der Waals surface area contributed by atoms with Crippen molar-refractivity contribution in [3.05, 3.63) is 158 Å². The van der Waals surface area contributed by atoms with Crippen molar-refractivity contribution in [2.75, 3.05) is 0 Å². The Balaban J connectivity index is 1.27. The zero-order valence-electron chi connectivity index (χ0n) is 26.8. The van der Waals surface area contributed by atoms with Gasteiger partial charge in [0, 0.05) is 21.5 Å². The minimum atomic E-state index is 0.866. The Kier molecular flexibility index (Phi) is 5.00. The number of furan rings is 2. The first-order valence-electron chi connectivity index (χ1n) is 17.2. The Morgan fingerprint density at radius 2 is 0.760 bits per heavy atom. The molecule has 0 aliphatic rings. The highest BCUT2D eigenvalue weighted by Crippen LogP contribution is 2.50. The van der Waals surface area contributed by atoms with Gasteiger partial charge in [-0.25, -0.2) is 0 Å². The van der Waals surface area contributed by atoms with Crippen LogP contribution < -0.4 is 0 Å². The number of fused-ring (bicyclic) bond motifs is 9. The molecular weight excluding hydrogens is 609 g/mol. The minimum Gasteiger partial charge on any atom is -0.456 e. The van der Waals surface area contributed by atoms with Crippen molar-refractivity contribution in [3.8, 4) is 22.3 Å². The summed E-state index contributed by atoms with van der Waals surface area (Å²) in [6.45, 7) is 0. The van der Waals surface area contributed by atoms with Crippen LogP contribution in [0.4, 0.5) is 0 Å². The van der Waals surface area contributed by atoms with Crippen molar-refractivity contribution < 1.29 is 8.83 Å². The summed E-state index contributed by atoms with van der Waals surface area (Å²) in [6.07, 6.45) is 0. The fraction of sp³-hybridized carbons (Fsp3) is 0. The van der Waals surface area contributed by atoms with Gasteiger partial charge in [-0.15, -0.1) is 0 Å². The topological polar surface area (TPSA) is 26.3 Å². The summed E-state index contributed by atoms with van der Waals surface area (Å²) < 4.78 is 13.0. The number of hydrogen-bond acceptors (Lipinski definition) is 2. The van der Waals surface area contributed by atoms with Crippen molar-refractivity contribution in [1.82, 2.24) is 0 Å². The molecule has 0 bridgehead atoms. The Labute approximate surface area is 285 Å². The first-order valence-corrected chi connectivity index (χ1v) is 17.2. The normalized spacial score (nSPS) is 12.4. The predicted octanol–water partition coefficient (Wildman–Crippen LogP) is 14.0. The van der Waals surface area contributed by atoms with E-state index in [0.29, 0.717) is 0 Å². The van der Waals surface area contributed by atoms with Crippen LogP contribution in [0.15, 0.2) is 167 Å². The number of rotatable bonds is 2. The lowest BCUT2D eigenvalue weighted by atomic mass is 9.82. The van der Waals surface area contributed by atoms with Gasteiger partial charge in [0.1, 0.15) is 22.3 Å². The molecule has 0 atom stereocenters. The molecule has 0 aliphatic heterocycles. The molecule has 0 unspecified atom stereocenters. The highest BCUT2D eigenvalue weighted by Gasteiger charge is 2.24. The molecule has 50 heavy (non-hydrogen) atoms. The Morgan fingerprint density at radius 1 is 0.260 bits per heavy atom. The van der Waals surface area contributed by atoms with E-state index >= 15 is 0 Å². The van der Waals surface area contributed by atoms with Crippen LogP contribution in [0.25, 0.3) is 120 Å². The molecule has 0 radical (unpaired) electrons. The minimum absolute atomic E-state index is 0.866. The molecule has 0 spiro atoms. The molecule has 2 nitrogen and oxygen atoms in total. The second-order valence-corrected chi connectivity index (χ2v) is 13.5. The van der Waals surface area contributed by atoms with E-state index in [1.165, 1.54) is 70.6 Å². The Bertz CT molecular complexity index is 3320. The molecule has 12 aromatic rings. The van der Waals surface area contributed by atoms with E-state index in [-0.39, 0.29) is 0 Å². The molecule has 0 saturated heterocycles. The van der Waals surface area contributed by atoms with E-state index in [1.807, 2.05) is 18.2 Å². The predicted molar refractivity (Wildman–Crippen MR) is 211 cm³/mol. The third-order valence-corrected chi connectivity index (χ3v) is 11.0. The molecule has 0 amide bonds. The van der Waals surface area contributed by atoms with Crippen LogP contribution in [0, 0.1) is 0 Å². The summed E-state index contributed by atoms with van der Waals surface area (Å²) in [7, 11) is 0. The highest BCUT2D eigenvalue weighted by atomic mass is 16.3. The summed E-state index contributed by atoms with van der Waals surface area (Å²) in [6, 6.07) is 57.2. The molecule has 12 rings (SSSR count). The second kappa shape index (κ2) is 9.49. The van der Waals surface area contributed by atoms with Gasteiger partial charge in [-0.2, -0.15) is 0 Å². The Morgan fingerprint density at radius 3 is 1.50 bits per heavy atom. The lowest BCUT2D eigenvalue weighted by Crippen LogP contribution is -1.93. The van der Waals surface area contributed by atoms with E-state index < -0.39 is 0 Å². The van der Waals surface area contributed by atoms with Crippen molar-refractivity contribution in [2.24, 2.45) is 0 Å². The maximum atomic E-state index is 6.63. The molecule has 0 N–H and O–H groups in total. The van der Waals surface area contributed by atoms with Gasteiger partial charge >= 0.3 is 0 Å². The fourth-order valence-corrected chi connectivity index (χ4v) is 9.01. The summed E-state index contributed by atoms with van der Waals surface area (Å²) in [5.74, 6) is 0. The molecule has 10 aromatic carbocycles. The van der Waals surface area contributed by atoms with Gasteiger partial charge in [0.25, 0.3) is 0 Å². The largest absolute Gasteiger partial charge is 0.456 e. The smallest absolute Gasteiger partial charge is 0.136 e. The highest BCUT2D eigenvalue weighted by molar-refractivity contribution is 6.33. The van der Waals surface area contributed by atoms with Gasteiger partial charge in [-0.05, 0) is 106 Å². The maximum absolute atomic E-state index is 6.63. The summed E-state index contributed by atoms with van der Waals surface area (Å²) in [5.41, 5.74) is 8.41. The van der Waals surface area contributed by atoms with E-state index in [0.717, 1.165) is 49.4 Å². The molecule has 230 valence electrons. The van der Waals surface area contributed by atoms with Crippen molar-refractivity contribution >= 4 is 97.7 Å². The zero-order chi connectivity index (χ0) is 32.5. The second-order valence-electron chi connectivity index (χ2n) is 13.5. The lowest BCUT2D eigenvalue weighted by Gasteiger charge is -2.20. The maximum Gasteiger partial charge on any atom is 0.136 e. The molecule has 2 aromatic heterocycles. The van der Waals surface area contributed by atoms with Crippen molar-refractivity contribution in [2.45, 2.75) is 0 Å². The van der Waals surface area contributed by atoms with E-state index in [4.69, 9.17) is 8.83 Å². The first kappa shape index (κ1) is 26.3. The van der Waals surface area contributed by atoms with Crippen LogP contribution in [0.2, 0.25) is 0 Å². The van der Waals surface area contributed by atoms with Gasteiger partial charge in [0.05, 0.1) is 0 Å². The lowest BCUT2D eigenvalue weighted by molar-refractivity contribution is 0.663. The Hall–Kier alpha value is -6.64. The van der Waals surface area contributed by atoms with Crippen LogP contribution in [-0.4, -0.2) is 0 Å². The fourth-order valence-electron chi connectivity index (χ4n) is 9.01. The average molecular weight is 635 g/mol. The molecular formula is C48H26O2. The van der Waals surface area contributed by atoms with Crippen LogP contribution in [0.1, 0.15) is 0 Å². The first-order chi connectivity index (χ1) is 24.8. The monoisotopic (exact) mass is 634 g/mol. The number of hydrogen-bond donors (Lipinski definition) is 0. The van der Waals surface area contributed by atoms with E-state index in [2.05, 4.69) is 140 Å². The summed E-state index contributed by atoms with van der Waals surface area (Å²) in [4.78, 5) is 0. The van der Waals surface area contributed by atoms with Crippen molar-refractivity contribution in [1.29, 1.82) is 0 Å². The molecule has 0 saturated carbocycles. The van der Waals surface area contributed by atoms with Crippen LogP contribution in [0.5, 0.6) is 0 Å². The number of para-hydroxylation sites is 1. The average Bonchev–Trinajstić information content (AvgIpc) is 3.74. The van der Waals surface area contributed by atoms with E-state index in [1.54, 1.807) is 0 Å². The van der Waals surface area contributed by atoms with E-state index in [9.17, 15) is 0 Å². The summed E-state index contributed by atoms with van der Waals surface area (Å²) >= 11 is 0. The standard InChI is InChI=1S/C48H26O2/c1-3-15-32-30(13-1)44(36-19-9-21-39-47(36)48-41(50-39)25-24-40-46(48)35-17-5-6-20-38(35)49-40)31-14-2-4-16-33(31)45(32)37-26-29-12-7-10-27-22-23-28-11-8-18-34(37)43(28)42(27)29/h1-26H.